The van der Waals surface area contributed by atoms with Gasteiger partial charge in [0.15, 0.2) is 0 Å². The van der Waals surface area contributed by atoms with Crippen molar-refractivity contribution in [3.8, 4) is 10.4 Å². The summed E-state index contributed by atoms with van der Waals surface area (Å²) in [6, 6.07) is 8.14. The van der Waals surface area contributed by atoms with E-state index < -0.39 is 6.10 Å². The van der Waals surface area contributed by atoms with Gasteiger partial charge in [0.1, 0.15) is 0 Å². The SMILES string of the molecule is Cc1ncsc1-c1ccc(CCNC(=O)[C@H]2C[C@H](O)CN2)cc1.Cl. The third kappa shape index (κ3) is 4.54. The highest BCUT2D eigenvalue weighted by molar-refractivity contribution is 7.13. The first-order valence-electron chi connectivity index (χ1n) is 7.82. The van der Waals surface area contributed by atoms with Crippen molar-refractivity contribution in [1.29, 1.82) is 0 Å². The molecule has 1 aromatic heterocycles. The first-order chi connectivity index (χ1) is 11.1. The number of β-amino-alcohol motifs (C(OH)–C–C–N with tert-alkyl or cyclic N) is 1. The second-order valence-electron chi connectivity index (χ2n) is 5.86. The van der Waals surface area contributed by atoms with Crippen LogP contribution < -0.4 is 10.6 Å². The number of nitrogens with zero attached hydrogens (tertiary/aromatic N) is 1. The molecule has 24 heavy (non-hydrogen) atoms. The molecule has 0 aliphatic carbocycles. The summed E-state index contributed by atoms with van der Waals surface area (Å²) in [6.07, 6.45) is 0.881. The van der Waals surface area contributed by atoms with Crippen molar-refractivity contribution in [1.82, 2.24) is 15.6 Å². The molecule has 0 radical (unpaired) electrons. The summed E-state index contributed by atoms with van der Waals surface area (Å²) in [5.41, 5.74) is 5.29. The fraction of sp³-hybridized carbons (Fsp3) is 0.412. The average Bonchev–Trinajstić information content (AvgIpc) is 3.16. The van der Waals surface area contributed by atoms with Crippen LogP contribution in [0.3, 0.4) is 0 Å². The topological polar surface area (TPSA) is 74.2 Å². The zero-order chi connectivity index (χ0) is 16.2. The van der Waals surface area contributed by atoms with E-state index in [1.54, 1.807) is 11.3 Å². The monoisotopic (exact) mass is 367 g/mol. The Hall–Kier alpha value is -1.47. The van der Waals surface area contributed by atoms with Gasteiger partial charge in [-0.2, -0.15) is 0 Å². The second-order valence-corrected chi connectivity index (χ2v) is 6.71. The van der Waals surface area contributed by atoms with E-state index in [0.29, 0.717) is 19.5 Å². The van der Waals surface area contributed by atoms with Crippen molar-refractivity contribution in [2.24, 2.45) is 0 Å². The Morgan fingerprint density at radius 2 is 2.17 bits per heavy atom. The Balaban J connectivity index is 0.00000208. The quantitative estimate of drug-likeness (QED) is 0.754. The third-order valence-corrected chi connectivity index (χ3v) is 5.08. The molecule has 7 heteroatoms. The van der Waals surface area contributed by atoms with Gasteiger partial charge in [0.25, 0.3) is 0 Å². The van der Waals surface area contributed by atoms with E-state index in [1.807, 2.05) is 12.4 Å². The lowest BCUT2D eigenvalue weighted by Crippen LogP contribution is -2.41. The summed E-state index contributed by atoms with van der Waals surface area (Å²) in [7, 11) is 0. The predicted octanol–water partition coefficient (Wildman–Crippen LogP) is 1.92. The number of hydrogen-bond donors (Lipinski definition) is 3. The minimum Gasteiger partial charge on any atom is -0.392 e. The van der Waals surface area contributed by atoms with Crippen molar-refractivity contribution in [2.45, 2.75) is 31.9 Å². The lowest BCUT2D eigenvalue weighted by atomic mass is 10.1. The van der Waals surface area contributed by atoms with Gasteiger partial charge in [-0.1, -0.05) is 24.3 Å². The molecule has 1 aromatic carbocycles. The van der Waals surface area contributed by atoms with Crippen molar-refractivity contribution in [3.05, 3.63) is 41.0 Å². The molecule has 0 spiro atoms. The Morgan fingerprint density at radius 3 is 2.75 bits per heavy atom. The number of aryl methyl sites for hydroxylation is 1. The summed E-state index contributed by atoms with van der Waals surface area (Å²) in [6.45, 7) is 3.12. The summed E-state index contributed by atoms with van der Waals surface area (Å²) in [5, 5.41) is 15.4. The predicted molar refractivity (Wildman–Crippen MR) is 98.7 cm³/mol. The van der Waals surface area contributed by atoms with Gasteiger partial charge in [0.2, 0.25) is 5.91 Å². The molecule has 2 heterocycles. The van der Waals surface area contributed by atoms with Crippen molar-refractivity contribution >= 4 is 29.7 Å². The van der Waals surface area contributed by atoms with Crippen LogP contribution in [0.15, 0.2) is 29.8 Å². The van der Waals surface area contributed by atoms with E-state index in [0.717, 1.165) is 12.1 Å². The van der Waals surface area contributed by atoms with Crippen molar-refractivity contribution in [2.75, 3.05) is 13.1 Å². The second kappa shape index (κ2) is 8.58. The smallest absolute Gasteiger partial charge is 0.237 e. The largest absolute Gasteiger partial charge is 0.392 e. The molecule has 5 nitrogen and oxygen atoms in total. The highest BCUT2D eigenvalue weighted by Crippen LogP contribution is 2.27. The number of hydrogen-bond acceptors (Lipinski definition) is 5. The van der Waals surface area contributed by atoms with Gasteiger partial charge in [-0.3, -0.25) is 4.79 Å². The van der Waals surface area contributed by atoms with Gasteiger partial charge in [0, 0.05) is 13.1 Å². The van der Waals surface area contributed by atoms with Crippen LogP contribution in [0.25, 0.3) is 10.4 Å². The molecule has 2 atom stereocenters. The number of halogens is 1. The van der Waals surface area contributed by atoms with E-state index in [-0.39, 0.29) is 24.4 Å². The molecular weight excluding hydrogens is 346 g/mol. The van der Waals surface area contributed by atoms with Crippen LogP contribution >= 0.6 is 23.7 Å². The Bertz CT molecular complexity index is 675. The first kappa shape index (κ1) is 18.9. The Morgan fingerprint density at radius 1 is 1.42 bits per heavy atom. The normalized spacial score (nSPS) is 19.8. The van der Waals surface area contributed by atoms with Gasteiger partial charge in [-0.05, 0) is 30.9 Å². The lowest BCUT2D eigenvalue weighted by Gasteiger charge is -2.11. The lowest BCUT2D eigenvalue weighted by molar-refractivity contribution is -0.122. The van der Waals surface area contributed by atoms with Crippen LogP contribution in [0.4, 0.5) is 0 Å². The maximum atomic E-state index is 11.9. The van der Waals surface area contributed by atoms with Crippen LogP contribution in [0.1, 0.15) is 17.7 Å². The highest BCUT2D eigenvalue weighted by atomic mass is 35.5. The van der Waals surface area contributed by atoms with Crippen LogP contribution in [-0.4, -0.2) is 41.2 Å². The van der Waals surface area contributed by atoms with Crippen LogP contribution in [0, 0.1) is 6.92 Å². The summed E-state index contributed by atoms with van der Waals surface area (Å²) >= 11 is 1.65. The number of rotatable bonds is 5. The first-order valence-corrected chi connectivity index (χ1v) is 8.70. The standard InChI is InChI=1S/C17H21N3O2S.ClH/c1-11-16(23-10-20-11)13-4-2-12(3-5-13)6-7-18-17(22)15-8-14(21)9-19-15;/h2-5,10,14-15,19,21H,6-9H2,1H3,(H,18,22);1H/t14-,15+;/m0./s1. The molecule has 0 unspecified atom stereocenters. The van der Waals surface area contributed by atoms with Gasteiger partial charge in [-0.25, -0.2) is 4.98 Å². The van der Waals surface area contributed by atoms with Crippen LogP contribution in [0.5, 0.6) is 0 Å². The molecule has 3 rings (SSSR count). The number of aliphatic hydroxyl groups excluding tert-OH is 1. The molecular formula is C17H22ClN3O2S. The number of aliphatic hydroxyl groups is 1. The summed E-state index contributed by atoms with van der Waals surface area (Å²) in [4.78, 5) is 17.4. The molecule has 0 saturated carbocycles. The van der Waals surface area contributed by atoms with Gasteiger partial charge in [-0.15, -0.1) is 23.7 Å². The maximum Gasteiger partial charge on any atom is 0.237 e. The molecule has 1 aliphatic rings. The molecule has 1 fully saturated rings. The number of amides is 1. The van der Waals surface area contributed by atoms with Gasteiger partial charge >= 0.3 is 0 Å². The van der Waals surface area contributed by atoms with Gasteiger partial charge < -0.3 is 15.7 Å². The van der Waals surface area contributed by atoms with E-state index in [1.165, 1.54) is 16.0 Å². The van der Waals surface area contributed by atoms with Crippen LogP contribution in [-0.2, 0) is 11.2 Å². The Kier molecular flexibility index (Phi) is 6.74. The number of thiazole rings is 1. The zero-order valence-electron chi connectivity index (χ0n) is 13.5. The summed E-state index contributed by atoms with van der Waals surface area (Å²) < 4.78 is 0. The Labute approximate surface area is 151 Å². The molecule has 2 aromatic rings. The zero-order valence-corrected chi connectivity index (χ0v) is 15.1. The molecule has 3 N–H and O–H groups in total. The van der Waals surface area contributed by atoms with E-state index in [9.17, 15) is 9.90 Å². The minimum absolute atomic E-state index is 0. The third-order valence-electron chi connectivity index (χ3n) is 4.10. The maximum absolute atomic E-state index is 11.9. The number of benzene rings is 1. The molecule has 1 saturated heterocycles. The minimum atomic E-state index is -0.409. The number of carbonyl (C=O) groups excluding carboxylic acids is 1. The fourth-order valence-corrected chi connectivity index (χ4v) is 3.58. The fourth-order valence-electron chi connectivity index (χ4n) is 2.77. The van der Waals surface area contributed by atoms with Crippen molar-refractivity contribution in [3.63, 3.8) is 0 Å². The molecule has 1 aliphatic heterocycles. The van der Waals surface area contributed by atoms with E-state index >= 15 is 0 Å². The number of aromatic nitrogens is 1. The van der Waals surface area contributed by atoms with Crippen molar-refractivity contribution < 1.29 is 9.90 Å². The highest BCUT2D eigenvalue weighted by Gasteiger charge is 2.27. The number of carbonyl (C=O) groups is 1. The van der Waals surface area contributed by atoms with E-state index in [2.05, 4.69) is 39.9 Å². The molecule has 0 bridgehead atoms. The number of nitrogens with one attached hydrogen (secondary N) is 2. The van der Waals surface area contributed by atoms with E-state index in [4.69, 9.17) is 0 Å². The average molecular weight is 368 g/mol. The van der Waals surface area contributed by atoms with Crippen LogP contribution in [0.2, 0.25) is 0 Å². The van der Waals surface area contributed by atoms with Gasteiger partial charge in [0.05, 0.1) is 28.2 Å². The molecule has 1 amide bonds. The summed E-state index contributed by atoms with van der Waals surface area (Å²) in [5.74, 6) is -0.0292. The molecule has 130 valence electrons.